The summed E-state index contributed by atoms with van der Waals surface area (Å²) in [7, 11) is 0. The van der Waals surface area contributed by atoms with E-state index in [1.807, 2.05) is 4.90 Å². The zero-order chi connectivity index (χ0) is 10.6. The van der Waals surface area contributed by atoms with Crippen LogP contribution < -0.4 is 5.73 Å². The van der Waals surface area contributed by atoms with Gasteiger partial charge in [0.05, 0.1) is 0 Å². The predicted molar refractivity (Wildman–Crippen MR) is 56.4 cm³/mol. The average Bonchev–Trinajstić information content (AvgIpc) is 2.18. The van der Waals surface area contributed by atoms with Crippen LogP contribution in [0.25, 0.3) is 0 Å². The van der Waals surface area contributed by atoms with Gasteiger partial charge in [0.25, 0.3) is 0 Å². The van der Waals surface area contributed by atoms with Crippen molar-refractivity contribution in [3.63, 3.8) is 0 Å². The molecule has 0 aliphatic carbocycles. The van der Waals surface area contributed by atoms with Gasteiger partial charge < -0.3 is 10.6 Å². The zero-order valence-corrected chi connectivity index (χ0v) is 8.70. The molecule has 0 bridgehead atoms. The summed E-state index contributed by atoms with van der Waals surface area (Å²) in [5, 5.41) is 0. The summed E-state index contributed by atoms with van der Waals surface area (Å²) in [5.74, 6) is 3.06. The zero-order valence-electron chi connectivity index (χ0n) is 8.70. The molecule has 1 saturated heterocycles. The summed E-state index contributed by atoms with van der Waals surface area (Å²) in [6.07, 6.45) is 7.03. The van der Waals surface area contributed by atoms with E-state index in [2.05, 4.69) is 12.8 Å². The number of nitrogens with zero attached hydrogens (tertiary/aromatic N) is 1. The van der Waals surface area contributed by atoms with E-state index in [-0.39, 0.29) is 11.9 Å². The second-order valence-electron chi connectivity index (χ2n) is 3.97. The van der Waals surface area contributed by atoms with Crippen molar-refractivity contribution < 1.29 is 4.79 Å². The van der Waals surface area contributed by atoms with Crippen molar-refractivity contribution in [2.24, 2.45) is 11.7 Å². The Morgan fingerprint density at radius 1 is 1.71 bits per heavy atom. The first-order valence-electron chi connectivity index (χ1n) is 5.12. The van der Waals surface area contributed by atoms with Crippen molar-refractivity contribution in [2.45, 2.75) is 32.2 Å². The maximum Gasteiger partial charge on any atom is 0.223 e. The van der Waals surface area contributed by atoms with Crippen LogP contribution in [0.4, 0.5) is 0 Å². The fourth-order valence-corrected chi connectivity index (χ4v) is 1.73. The fourth-order valence-electron chi connectivity index (χ4n) is 1.73. The summed E-state index contributed by atoms with van der Waals surface area (Å²) in [6, 6.07) is 0.242. The number of hydrogen-bond donors (Lipinski definition) is 1. The molecule has 0 spiro atoms. The Bertz CT molecular complexity index is 244. The molecule has 1 amide bonds. The summed E-state index contributed by atoms with van der Waals surface area (Å²) in [6.45, 7) is 3.66. The van der Waals surface area contributed by atoms with E-state index in [4.69, 9.17) is 12.2 Å². The van der Waals surface area contributed by atoms with E-state index < -0.39 is 0 Å². The van der Waals surface area contributed by atoms with Crippen LogP contribution in [0.3, 0.4) is 0 Å². The van der Waals surface area contributed by atoms with Crippen LogP contribution in [0.1, 0.15) is 26.2 Å². The molecule has 2 atom stereocenters. The number of likely N-dealkylation sites (tertiary alicyclic amines) is 1. The van der Waals surface area contributed by atoms with Gasteiger partial charge in [-0.25, -0.2) is 0 Å². The lowest BCUT2D eigenvalue weighted by Crippen LogP contribution is -2.48. The highest BCUT2D eigenvalue weighted by Gasteiger charge is 2.25. The number of hydrogen-bond acceptors (Lipinski definition) is 2. The summed E-state index contributed by atoms with van der Waals surface area (Å²) in [4.78, 5) is 13.5. The van der Waals surface area contributed by atoms with Gasteiger partial charge in [-0.15, -0.1) is 12.3 Å². The van der Waals surface area contributed by atoms with Gasteiger partial charge in [0.15, 0.2) is 0 Å². The Labute approximate surface area is 85.6 Å². The van der Waals surface area contributed by atoms with E-state index >= 15 is 0 Å². The lowest BCUT2D eigenvalue weighted by molar-refractivity contribution is -0.132. The maximum atomic E-state index is 11.6. The molecule has 14 heavy (non-hydrogen) atoms. The molecule has 2 unspecified atom stereocenters. The van der Waals surface area contributed by atoms with Crippen LogP contribution in [0.5, 0.6) is 0 Å². The SMILES string of the molecule is C#CCCC(=O)N1CCC(N)C(C)C1. The molecule has 2 N–H and O–H groups in total. The lowest BCUT2D eigenvalue weighted by atomic mass is 9.94. The Kier molecular flexibility index (Phi) is 3.97. The Balaban J connectivity index is 2.39. The van der Waals surface area contributed by atoms with E-state index in [1.165, 1.54) is 0 Å². The van der Waals surface area contributed by atoms with Gasteiger partial charge in [-0.1, -0.05) is 6.92 Å². The molecule has 3 heteroatoms. The minimum Gasteiger partial charge on any atom is -0.342 e. The highest BCUT2D eigenvalue weighted by molar-refractivity contribution is 5.76. The van der Waals surface area contributed by atoms with Crippen LogP contribution in [0, 0.1) is 18.3 Å². The van der Waals surface area contributed by atoms with Crippen LogP contribution in [-0.4, -0.2) is 29.9 Å². The van der Waals surface area contributed by atoms with Gasteiger partial charge in [-0.3, -0.25) is 4.79 Å². The number of carbonyl (C=O) groups is 1. The van der Waals surface area contributed by atoms with Crippen LogP contribution >= 0.6 is 0 Å². The molecule has 0 radical (unpaired) electrons. The molecule has 1 heterocycles. The summed E-state index contributed by atoms with van der Waals surface area (Å²) >= 11 is 0. The van der Waals surface area contributed by atoms with Gasteiger partial charge in [-0.05, 0) is 12.3 Å². The molecular formula is C11H18N2O. The van der Waals surface area contributed by atoms with Gasteiger partial charge in [0.1, 0.15) is 0 Å². The van der Waals surface area contributed by atoms with Crippen molar-refractivity contribution in [3.8, 4) is 12.3 Å². The number of carbonyl (C=O) groups excluding carboxylic acids is 1. The Morgan fingerprint density at radius 3 is 3.00 bits per heavy atom. The molecular weight excluding hydrogens is 176 g/mol. The minimum atomic E-state index is 0.168. The third kappa shape index (κ3) is 2.74. The molecule has 78 valence electrons. The van der Waals surface area contributed by atoms with Gasteiger partial charge in [-0.2, -0.15) is 0 Å². The quantitative estimate of drug-likeness (QED) is 0.654. The standard InChI is InChI=1S/C11H18N2O/c1-3-4-5-11(14)13-7-6-10(12)9(2)8-13/h1,9-10H,4-8,12H2,2H3. The van der Waals surface area contributed by atoms with E-state index in [1.54, 1.807) is 0 Å². The molecule has 1 rings (SSSR count). The third-order valence-corrected chi connectivity index (χ3v) is 2.81. The normalized spacial score (nSPS) is 27.1. The highest BCUT2D eigenvalue weighted by Crippen LogP contribution is 2.15. The van der Waals surface area contributed by atoms with E-state index in [9.17, 15) is 4.79 Å². The minimum absolute atomic E-state index is 0.168. The number of rotatable bonds is 2. The second kappa shape index (κ2) is 5.02. The number of terminal acetylenes is 1. The van der Waals surface area contributed by atoms with Crippen LogP contribution in [0.15, 0.2) is 0 Å². The number of amides is 1. The monoisotopic (exact) mass is 194 g/mol. The molecule has 3 nitrogen and oxygen atoms in total. The predicted octanol–water partition coefficient (Wildman–Crippen LogP) is 0.596. The maximum absolute atomic E-state index is 11.6. The molecule has 1 aliphatic heterocycles. The topological polar surface area (TPSA) is 46.3 Å². The first-order valence-corrected chi connectivity index (χ1v) is 5.12. The smallest absolute Gasteiger partial charge is 0.223 e. The molecule has 0 aromatic rings. The Morgan fingerprint density at radius 2 is 2.43 bits per heavy atom. The third-order valence-electron chi connectivity index (χ3n) is 2.81. The van der Waals surface area contributed by atoms with Crippen LogP contribution in [-0.2, 0) is 4.79 Å². The first-order chi connectivity index (χ1) is 6.65. The first kappa shape index (κ1) is 11.1. The lowest BCUT2D eigenvalue weighted by Gasteiger charge is -2.35. The average molecular weight is 194 g/mol. The number of nitrogens with two attached hydrogens (primary N) is 1. The fraction of sp³-hybridized carbons (Fsp3) is 0.727. The largest absolute Gasteiger partial charge is 0.342 e. The van der Waals surface area contributed by atoms with Crippen molar-refractivity contribution in [1.29, 1.82) is 0 Å². The van der Waals surface area contributed by atoms with Crippen molar-refractivity contribution in [1.82, 2.24) is 4.90 Å². The summed E-state index contributed by atoms with van der Waals surface area (Å²) in [5.41, 5.74) is 5.87. The molecule has 0 saturated carbocycles. The molecule has 0 aromatic carbocycles. The number of piperidine rings is 1. The molecule has 1 fully saturated rings. The van der Waals surface area contributed by atoms with Crippen LogP contribution in [0.2, 0.25) is 0 Å². The highest BCUT2D eigenvalue weighted by atomic mass is 16.2. The molecule has 1 aliphatic rings. The second-order valence-corrected chi connectivity index (χ2v) is 3.97. The Hall–Kier alpha value is -1.01. The van der Waals surface area contributed by atoms with Gasteiger partial charge >= 0.3 is 0 Å². The van der Waals surface area contributed by atoms with Gasteiger partial charge in [0.2, 0.25) is 5.91 Å². The summed E-state index contributed by atoms with van der Waals surface area (Å²) < 4.78 is 0. The van der Waals surface area contributed by atoms with Gasteiger partial charge in [0, 0.05) is 32.0 Å². The van der Waals surface area contributed by atoms with Crippen molar-refractivity contribution in [2.75, 3.05) is 13.1 Å². The van der Waals surface area contributed by atoms with E-state index in [0.29, 0.717) is 18.8 Å². The molecule has 0 aromatic heterocycles. The van der Waals surface area contributed by atoms with Crippen molar-refractivity contribution in [3.05, 3.63) is 0 Å². The van der Waals surface area contributed by atoms with E-state index in [0.717, 1.165) is 19.5 Å². The van der Waals surface area contributed by atoms with Crippen molar-refractivity contribution >= 4 is 5.91 Å².